The molecule has 1 aliphatic carbocycles. The molecule has 1 aromatic heterocycles. The maximum absolute atomic E-state index is 12.3. The summed E-state index contributed by atoms with van der Waals surface area (Å²) in [7, 11) is 0. The number of rotatable bonds is 6. The van der Waals surface area contributed by atoms with Gasteiger partial charge in [0.2, 0.25) is 0 Å². The maximum Gasteiger partial charge on any atom is 0.251 e. The third kappa shape index (κ3) is 4.69. The molecule has 1 fully saturated rings. The molecule has 0 atom stereocenters. The number of hydrogen-bond acceptors (Lipinski definition) is 4. The minimum atomic E-state index is -0.392. The summed E-state index contributed by atoms with van der Waals surface area (Å²) < 4.78 is 0. The maximum atomic E-state index is 12.3. The van der Waals surface area contributed by atoms with Crippen molar-refractivity contribution < 1.29 is 4.79 Å². The van der Waals surface area contributed by atoms with E-state index in [1.807, 2.05) is 36.5 Å². The highest BCUT2D eigenvalue weighted by atomic mass is 32.2. The zero-order valence-corrected chi connectivity index (χ0v) is 19.6. The average molecular weight is 456 g/mol. The first-order chi connectivity index (χ1) is 16.2. The third-order valence-electron chi connectivity index (χ3n) is 6.70. The lowest BCUT2D eigenvalue weighted by Crippen LogP contribution is -2.29. The van der Waals surface area contributed by atoms with E-state index >= 15 is 0 Å². The SMILES string of the molecule is NC(=O)C1=C(SCc2ccnc3ccccc23)N(c2ccc(C3CCCCC3)cc2)CC=C1. The van der Waals surface area contributed by atoms with Gasteiger partial charge in [-0.15, -0.1) is 11.8 Å². The Kier molecular flexibility index (Phi) is 6.49. The molecule has 5 heteroatoms. The van der Waals surface area contributed by atoms with Crippen LogP contribution in [0.4, 0.5) is 5.69 Å². The molecular formula is C28H29N3OS. The van der Waals surface area contributed by atoms with Gasteiger partial charge in [0.1, 0.15) is 0 Å². The predicted octanol–water partition coefficient (Wildman–Crippen LogP) is 6.29. The molecule has 2 N–H and O–H groups in total. The number of amides is 1. The Labute approximate surface area is 199 Å². The van der Waals surface area contributed by atoms with Gasteiger partial charge in [-0.3, -0.25) is 9.78 Å². The van der Waals surface area contributed by atoms with Gasteiger partial charge in [-0.25, -0.2) is 0 Å². The minimum absolute atomic E-state index is 0.392. The van der Waals surface area contributed by atoms with Crippen molar-refractivity contribution in [3.05, 3.63) is 94.7 Å². The third-order valence-corrected chi connectivity index (χ3v) is 7.87. The van der Waals surface area contributed by atoms with Gasteiger partial charge in [0.25, 0.3) is 5.91 Å². The largest absolute Gasteiger partial charge is 0.366 e. The van der Waals surface area contributed by atoms with Crippen LogP contribution in [-0.4, -0.2) is 17.4 Å². The van der Waals surface area contributed by atoms with Crippen LogP contribution < -0.4 is 10.6 Å². The van der Waals surface area contributed by atoms with Crippen LogP contribution in [0.1, 0.15) is 49.1 Å². The monoisotopic (exact) mass is 455 g/mol. The molecule has 0 spiro atoms. The number of primary amides is 1. The quantitative estimate of drug-likeness (QED) is 0.475. The van der Waals surface area contributed by atoms with Crippen LogP contribution in [0.25, 0.3) is 10.9 Å². The fourth-order valence-electron chi connectivity index (χ4n) is 4.93. The molecule has 0 unspecified atom stereocenters. The lowest BCUT2D eigenvalue weighted by atomic mass is 9.84. The molecule has 2 aliphatic rings. The zero-order valence-electron chi connectivity index (χ0n) is 18.7. The summed E-state index contributed by atoms with van der Waals surface area (Å²) >= 11 is 1.66. The Morgan fingerprint density at radius 1 is 1.03 bits per heavy atom. The molecule has 1 saturated carbocycles. The van der Waals surface area contributed by atoms with Gasteiger partial charge >= 0.3 is 0 Å². The Morgan fingerprint density at radius 3 is 2.61 bits per heavy atom. The first-order valence-electron chi connectivity index (χ1n) is 11.7. The van der Waals surface area contributed by atoms with E-state index in [4.69, 9.17) is 5.73 Å². The highest BCUT2D eigenvalue weighted by molar-refractivity contribution is 8.02. The molecule has 33 heavy (non-hydrogen) atoms. The topological polar surface area (TPSA) is 59.2 Å². The molecule has 3 aromatic rings. The molecule has 5 rings (SSSR count). The molecule has 0 bridgehead atoms. The number of carbonyl (C=O) groups excluding carboxylic acids is 1. The molecule has 2 aromatic carbocycles. The van der Waals surface area contributed by atoms with Crippen molar-refractivity contribution >= 4 is 34.3 Å². The molecular weight excluding hydrogens is 426 g/mol. The summed E-state index contributed by atoms with van der Waals surface area (Å²) in [5, 5.41) is 2.06. The van der Waals surface area contributed by atoms with Crippen molar-refractivity contribution in [2.24, 2.45) is 5.73 Å². The Morgan fingerprint density at radius 2 is 1.82 bits per heavy atom. The van der Waals surface area contributed by atoms with E-state index in [1.54, 1.807) is 11.8 Å². The second-order valence-electron chi connectivity index (χ2n) is 8.80. The van der Waals surface area contributed by atoms with Crippen LogP contribution in [0.3, 0.4) is 0 Å². The lowest BCUT2D eigenvalue weighted by Gasteiger charge is -2.30. The summed E-state index contributed by atoms with van der Waals surface area (Å²) in [5.41, 5.74) is 11.1. The van der Waals surface area contributed by atoms with Crippen LogP contribution in [-0.2, 0) is 10.5 Å². The highest BCUT2D eigenvalue weighted by Gasteiger charge is 2.23. The van der Waals surface area contributed by atoms with Crippen molar-refractivity contribution in [2.75, 3.05) is 11.4 Å². The first kappa shape index (κ1) is 21.8. The summed E-state index contributed by atoms with van der Waals surface area (Å²) in [6.45, 7) is 0.721. The predicted molar refractivity (Wildman–Crippen MR) is 138 cm³/mol. The van der Waals surface area contributed by atoms with Gasteiger partial charge in [0, 0.05) is 29.6 Å². The average Bonchev–Trinajstić information content (AvgIpc) is 2.88. The fourth-order valence-corrected chi connectivity index (χ4v) is 6.13. The number of hydrogen-bond donors (Lipinski definition) is 1. The van der Waals surface area contributed by atoms with E-state index in [-0.39, 0.29) is 0 Å². The van der Waals surface area contributed by atoms with Crippen molar-refractivity contribution in [1.82, 2.24) is 4.98 Å². The van der Waals surface area contributed by atoms with E-state index in [0.29, 0.717) is 11.5 Å². The van der Waals surface area contributed by atoms with Gasteiger partial charge in [-0.2, -0.15) is 0 Å². The summed E-state index contributed by atoms with van der Waals surface area (Å²) in [5.74, 6) is 1.02. The molecule has 1 amide bonds. The molecule has 0 saturated heterocycles. The Bertz CT molecular complexity index is 1200. The van der Waals surface area contributed by atoms with Crippen LogP contribution in [0.5, 0.6) is 0 Å². The van der Waals surface area contributed by atoms with Gasteiger partial charge in [-0.1, -0.05) is 55.7 Å². The van der Waals surface area contributed by atoms with Crippen LogP contribution >= 0.6 is 11.8 Å². The van der Waals surface area contributed by atoms with Crippen molar-refractivity contribution in [2.45, 2.75) is 43.8 Å². The van der Waals surface area contributed by atoms with Gasteiger partial charge < -0.3 is 10.6 Å². The van der Waals surface area contributed by atoms with Gasteiger partial charge in [0.05, 0.1) is 16.1 Å². The first-order valence-corrected chi connectivity index (χ1v) is 12.7. The molecule has 0 radical (unpaired) electrons. The van der Waals surface area contributed by atoms with Gasteiger partial charge in [-0.05, 0) is 60.2 Å². The number of fused-ring (bicyclic) bond motifs is 1. The van der Waals surface area contributed by atoms with Gasteiger partial charge in [0.15, 0.2) is 0 Å². The molecule has 2 heterocycles. The highest BCUT2D eigenvalue weighted by Crippen LogP contribution is 2.37. The van der Waals surface area contributed by atoms with Crippen LogP contribution in [0, 0.1) is 0 Å². The number of aromatic nitrogens is 1. The zero-order chi connectivity index (χ0) is 22.6. The molecule has 4 nitrogen and oxygen atoms in total. The molecule has 168 valence electrons. The lowest BCUT2D eigenvalue weighted by molar-refractivity contribution is -0.114. The number of nitrogens with zero attached hydrogens (tertiary/aromatic N) is 2. The minimum Gasteiger partial charge on any atom is -0.366 e. The number of para-hydroxylation sites is 1. The Balaban J connectivity index is 1.42. The normalized spacial score (nSPS) is 17.0. The number of nitrogens with two attached hydrogens (primary N) is 1. The smallest absolute Gasteiger partial charge is 0.251 e. The van der Waals surface area contributed by atoms with Crippen LogP contribution in [0.15, 0.2) is 83.5 Å². The van der Waals surface area contributed by atoms with Crippen molar-refractivity contribution in [1.29, 1.82) is 0 Å². The number of carbonyl (C=O) groups is 1. The van der Waals surface area contributed by atoms with E-state index in [2.05, 4.69) is 46.3 Å². The standard InChI is InChI=1S/C28H29N3OS/c29-27(32)25-10-6-18-31(23-14-12-21(13-15-23)20-7-2-1-3-8-20)28(25)33-19-22-16-17-30-26-11-5-4-9-24(22)26/h4-6,9-17,20H,1-3,7-8,18-19H2,(H2,29,32). The van der Waals surface area contributed by atoms with Crippen molar-refractivity contribution in [3.63, 3.8) is 0 Å². The summed E-state index contributed by atoms with van der Waals surface area (Å²) in [6.07, 6.45) is 12.3. The second-order valence-corrected chi connectivity index (χ2v) is 9.76. The van der Waals surface area contributed by atoms with E-state index in [1.165, 1.54) is 43.2 Å². The van der Waals surface area contributed by atoms with E-state index in [9.17, 15) is 4.79 Å². The fraction of sp³-hybridized carbons (Fsp3) is 0.286. The van der Waals surface area contributed by atoms with E-state index in [0.717, 1.165) is 33.9 Å². The number of anilines is 1. The Hall–Kier alpha value is -3.05. The van der Waals surface area contributed by atoms with Crippen molar-refractivity contribution in [3.8, 4) is 0 Å². The summed E-state index contributed by atoms with van der Waals surface area (Å²) in [4.78, 5) is 19.0. The summed E-state index contributed by atoms with van der Waals surface area (Å²) in [6, 6.07) is 19.2. The second kappa shape index (κ2) is 9.84. The number of thioether (sulfide) groups is 1. The molecule has 1 aliphatic heterocycles. The number of benzene rings is 2. The van der Waals surface area contributed by atoms with E-state index < -0.39 is 5.91 Å². The number of pyridine rings is 1. The van der Waals surface area contributed by atoms with Crippen LogP contribution in [0.2, 0.25) is 0 Å².